The summed E-state index contributed by atoms with van der Waals surface area (Å²) in [6, 6.07) is 12.8. The molecular formula is C16H16N3O+. The summed E-state index contributed by atoms with van der Waals surface area (Å²) >= 11 is 0. The van der Waals surface area contributed by atoms with Crippen LogP contribution < -0.4 is 9.88 Å². The molecule has 100 valence electrons. The number of benzene rings is 1. The zero-order valence-corrected chi connectivity index (χ0v) is 11.6. The fraction of sp³-hybridized carbons (Fsp3) is 0.188. The molecule has 1 aromatic carbocycles. The zero-order chi connectivity index (χ0) is 14.5. The van der Waals surface area contributed by atoms with Crippen LogP contribution in [0, 0.1) is 25.2 Å². The lowest BCUT2D eigenvalue weighted by Gasteiger charge is -2.05. The van der Waals surface area contributed by atoms with E-state index in [9.17, 15) is 4.79 Å². The zero-order valence-electron chi connectivity index (χ0n) is 11.6. The molecule has 0 spiro atoms. The van der Waals surface area contributed by atoms with Crippen molar-refractivity contribution in [3.05, 3.63) is 59.4 Å². The minimum absolute atomic E-state index is 0.0894. The van der Waals surface area contributed by atoms with E-state index >= 15 is 0 Å². The maximum atomic E-state index is 12.0. The van der Waals surface area contributed by atoms with E-state index in [-0.39, 0.29) is 12.5 Å². The molecule has 1 aromatic heterocycles. The van der Waals surface area contributed by atoms with E-state index in [1.165, 1.54) is 0 Å². The summed E-state index contributed by atoms with van der Waals surface area (Å²) in [7, 11) is 0. The van der Waals surface area contributed by atoms with Crippen molar-refractivity contribution in [1.29, 1.82) is 5.26 Å². The van der Waals surface area contributed by atoms with Crippen LogP contribution in [0.2, 0.25) is 0 Å². The monoisotopic (exact) mass is 266 g/mol. The van der Waals surface area contributed by atoms with Gasteiger partial charge in [0.25, 0.3) is 5.91 Å². The highest BCUT2D eigenvalue weighted by Crippen LogP contribution is 2.08. The number of hydrogen-bond donors (Lipinski definition) is 1. The molecule has 0 aliphatic heterocycles. The third-order valence-corrected chi connectivity index (χ3v) is 3.23. The third kappa shape index (κ3) is 3.21. The van der Waals surface area contributed by atoms with Crippen molar-refractivity contribution in [2.75, 3.05) is 5.32 Å². The van der Waals surface area contributed by atoms with E-state index in [1.807, 2.05) is 42.8 Å². The molecule has 1 heterocycles. The van der Waals surface area contributed by atoms with Gasteiger partial charge in [-0.15, -0.1) is 0 Å². The lowest BCUT2D eigenvalue weighted by atomic mass is 10.2. The van der Waals surface area contributed by atoms with Crippen molar-refractivity contribution in [2.45, 2.75) is 20.4 Å². The largest absolute Gasteiger partial charge is 0.321 e. The summed E-state index contributed by atoms with van der Waals surface area (Å²) in [6.07, 6.45) is 1.89. The predicted molar refractivity (Wildman–Crippen MR) is 75.9 cm³/mol. The first-order valence-corrected chi connectivity index (χ1v) is 6.36. The Labute approximate surface area is 118 Å². The van der Waals surface area contributed by atoms with Crippen LogP contribution in [-0.2, 0) is 11.3 Å². The smallest absolute Gasteiger partial charge is 0.290 e. The van der Waals surface area contributed by atoms with Crippen molar-refractivity contribution in [3.8, 4) is 6.07 Å². The molecule has 0 saturated carbocycles. The summed E-state index contributed by atoms with van der Waals surface area (Å²) < 4.78 is 1.91. The van der Waals surface area contributed by atoms with Crippen molar-refractivity contribution in [3.63, 3.8) is 0 Å². The first kappa shape index (κ1) is 13.8. The van der Waals surface area contributed by atoms with Gasteiger partial charge in [0.15, 0.2) is 11.9 Å². The second kappa shape index (κ2) is 5.98. The molecule has 2 rings (SSSR count). The molecule has 0 fully saturated rings. The van der Waals surface area contributed by atoms with Gasteiger partial charge in [0.2, 0.25) is 6.54 Å². The minimum atomic E-state index is -0.0894. The number of hydrogen-bond acceptors (Lipinski definition) is 2. The van der Waals surface area contributed by atoms with Gasteiger partial charge in [-0.25, -0.2) is 0 Å². The number of pyridine rings is 1. The van der Waals surface area contributed by atoms with Crippen LogP contribution in [0.1, 0.15) is 16.8 Å². The van der Waals surface area contributed by atoms with Gasteiger partial charge in [0.1, 0.15) is 0 Å². The number of anilines is 1. The van der Waals surface area contributed by atoms with Gasteiger partial charge in [0.05, 0.1) is 11.6 Å². The van der Waals surface area contributed by atoms with Gasteiger partial charge < -0.3 is 5.32 Å². The average molecular weight is 266 g/mol. The van der Waals surface area contributed by atoms with Gasteiger partial charge in [-0.3, -0.25) is 4.79 Å². The Bertz CT molecular complexity index is 669. The number of carbonyl (C=O) groups is 1. The number of nitrogens with zero attached hydrogens (tertiary/aromatic N) is 2. The topological polar surface area (TPSA) is 56.8 Å². The third-order valence-electron chi connectivity index (χ3n) is 3.23. The Hall–Kier alpha value is -2.67. The number of nitrogens with one attached hydrogen (secondary N) is 1. The number of aromatic nitrogens is 1. The van der Waals surface area contributed by atoms with Gasteiger partial charge in [0, 0.05) is 24.2 Å². The molecule has 0 saturated heterocycles. The van der Waals surface area contributed by atoms with E-state index in [1.54, 1.807) is 24.3 Å². The highest BCUT2D eigenvalue weighted by Gasteiger charge is 2.13. The maximum absolute atomic E-state index is 12.0. The van der Waals surface area contributed by atoms with E-state index in [2.05, 4.69) is 5.32 Å². The number of rotatable bonds is 3. The summed E-state index contributed by atoms with van der Waals surface area (Å²) in [5, 5.41) is 11.5. The highest BCUT2D eigenvalue weighted by molar-refractivity contribution is 5.89. The fourth-order valence-corrected chi connectivity index (χ4v) is 1.90. The van der Waals surface area contributed by atoms with Crippen molar-refractivity contribution >= 4 is 11.6 Å². The molecule has 0 atom stereocenters. The first-order chi connectivity index (χ1) is 9.60. The second-order valence-electron chi connectivity index (χ2n) is 4.64. The Morgan fingerprint density at radius 2 is 1.95 bits per heavy atom. The summed E-state index contributed by atoms with van der Waals surface area (Å²) in [5.41, 5.74) is 3.49. The van der Waals surface area contributed by atoms with Crippen LogP contribution in [0.4, 0.5) is 5.69 Å². The van der Waals surface area contributed by atoms with Gasteiger partial charge in [-0.05, 0) is 37.3 Å². The normalized spacial score (nSPS) is 9.85. The quantitative estimate of drug-likeness (QED) is 0.865. The highest BCUT2D eigenvalue weighted by atomic mass is 16.1. The van der Waals surface area contributed by atoms with Gasteiger partial charge >= 0.3 is 0 Å². The Balaban J connectivity index is 2.05. The number of aryl methyl sites for hydroxylation is 1. The van der Waals surface area contributed by atoms with Gasteiger partial charge in [-0.2, -0.15) is 9.83 Å². The molecule has 0 radical (unpaired) electrons. The molecule has 20 heavy (non-hydrogen) atoms. The second-order valence-corrected chi connectivity index (χ2v) is 4.64. The lowest BCUT2D eigenvalue weighted by Crippen LogP contribution is -2.43. The molecule has 1 N–H and O–H groups in total. The molecule has 0 aliphatic carbocycles. The average Bonchev–Trinajstić information content (AvgIpc) is 2.45. The molecule has 4 heteroatoms. The molecule has 0 bridgehead atoms. The molecule has 0 unspecified atom stereocenters. The van der Waals surface area contributed by atoms with Crippen molar-refractivity contribution < 1.29 is 9.36 Å². The van der Waals surface area contributed by atoms with Gasteiger partial charge in [-0.1, -0.05) is 0 Å². The molecule has 0 aliphatic rings. The fourth-order valence-electron chi connectivity index (χ4n) is 1.90. The van der Waals surface area contributed by atoms with Crippen LogP contribution in [0.15, 0.2) is 42.6 Å². The Kier molecular flexibility index (Phi) is 4.11. The van der Waals surface area contributed by atoms with Crippen LogP contribution in [-0.4, -0.2) is 5.91 Å². The van der Waals surface area contributed by atoms with E-state index < -0.39 is 0 Å². The number of carbonyl (C=O) groups excluding carboxylic acids is 1. The van der Waals surface area contributed by atoms with Crippen LogP contribution in [0.25, 0.3) is 0 Å². The SMILES string of the molecule is Cc1ccc[n+](CC(=O)Nc2ccc(C#N)cc2)c1C. The molecule has 4 nitrogen and oxygen atoms in total. The summed E-state index contributed by atoms with van der Waals surface area (Å²) in [5.74, 6) is -0.0894. The number of nitriles is 1. The molecule has 2 aromatic rings. The van der Waals surface area contributed by atoms with E-state index in [0.717, 1.165) is 11.3 Å². The molecule has 1 amide bonds. The maximum Gasteiger partial charge on any atom is 0.290 e. The first-order valence-electron chi connectivity index (χ1n) is 6.36. The summed E-state index contributed by atoms with van der Waals surface area (Å²) in [4.78, 5) is 12.0. The predicted octanol–water partition coefficient (Wildman–Crippen LogP) is 2.10. The number of amides is 1. The van der Waals surface area contributed by atoms with Crippen LogP contribution >= 0.6 is 0 Å². The van der Waals surface area contributed by atoms with E-state index in [4.69, 9.17) is 5.26 Å². The molecular weight excluding hydrogens is 250 g/mol. The van der Waals surface area contributed by atoms with E-state index in [0.29, 0.717) is 11.3 Å². The summed E-state index contributed by atoms with van der Waals surface area (Å²) in [6.45, 7) is 4.28. The van der Waals surface area contributed by atoms with Crippen molar-refractivity contribution in [2.24, 2.45) is 0 Å². The van der Waals surface area contributed by atoms with Crippen LogP contribution in [0.3, 0.4) is 0 Å². The van der Waals surface area contributed by atoms with Crippen molar-refractivity contribution in [1.82, 2.24) is 0 Å². The Morgan fingerprint density at radius 3 is 2.60 bits per heavy atom. The lowest BCUT2D eigenvalue weighted by molar-refractivity contribution is -0.690. The standard InChI is InChI=1S/C16H15N3O/c1-12-4-3-9-19(13(12)2)11-16(20)18-15-7-5-14(10-17)6-8-15/h3-9H,11H2,1-2H3/p+1. The van der Waals surface area contributed by atoms with Crippen LogP contribution in [0.5, 0.6) is 0 Å². The minimum Gasteiger partial charge on any atom is -0.321 e. The Morgan fingerprint density at radius 1 is 1.25 bits per heavy atom.